The molecule has 2 bridgehead atoms. The van der Waals surface area contributed by atoms with E-state index >= 15 is 0 Å². The summed E-state index contributed by atoms with van der Waals surface area (Å²) in [5.74, 6) is -0.536. The van der Waals surface area contributed by atoms with Gasteiger partial charge in [-0.25, -0.2) is 4.79 Å². The van der Waals surface area contributed by atoms with Crippen molar-refractivity contribution in [1.29, 1.82) is 0 Å². The number of rotatable bonds is 6. The van der Waals surface area contributed by atoms with Crippen molar-refractivity contribution in [2.24, 2.45) is 5.41 Å². The van der Waals surface area contributed by atoms with Crippen molar-refractivity contribution in [2.75, 3.05) is 6.54 Å². The molecule has 4 aromatic rings. The highest BCUT2D eigenvalue weighted by molar-refractivity contribution is 6.10. The average molecular weight is 724 g/mol. The van der Waals surface area contributed by atoms with Gasteiger partial charge < -0.3 is 14.6 Å². The minimum absolute atomic E-state index is 0.0925. The Morgan fingerprint density at radius 3 is 2.38 bits per heavy atom. The van der Waals surface area contributed by atoms with Crippen molar-refractivity contribution in [3.63, 3.8) is 0 Å². The number of amides is 1. The summed E-state index contributed by atoms with van der Waals surface area (Å²) in [6.07, 6.45) is 0.923. The van der Waals surface area contributed by atoms with E-state index in [1.54, 1.807) is 4.90 Å². The first-order valence-corrected chi connectivity index (χ1v) is 18.3. The Labute approximate surface area is 308 Å². The van der Waals surface area contributed by atoms with Gasteiger partial charge in [-0.2, -0.15) is 0 Å². The van der Waals surface area contributed by atoms with E-state index in [1.165, 1.54) is 29.8 Å². The normalized spacial score (nSPS) is 24.8. The summed E-state index contributed by atoms with van der Waals surface area (Å²) >= 11 is 0. The lowest BCUT2D eigenvalue weighted by atomic mass is 9.64. The van der Waals surface area contributed by atoms with E-state index in [-0.39, 0.29) is 24.0 Å². The number of ether oxygens (including phenoxy) is 2. The predicted octanol–water partition coefficient (Wildman–Crippen LogP) is 10.2. The molecule has 0 aromatic heterocycles. The number of ketones is 1. The molecule has 0 radical (unpaired) electrons. The quantitative estimate of drug-likeness (QED) is 0.158. The van der Waals surface area contributed by atoms with Gasteiger partial charge in [0.05, 0.1) is 12.6 Å². The summed E-state index contributed by atoms with van der Waals surface area (Å²) < 4.78 is 48.6. The maximum absolute atomic E-state index is 14.5. The van der Waals surface area contributed by atoms with Crippen LogP contribution in [0.5, 0.6) is 5.75 Å². The van der Waals surface area contributed by atoms with Crippen LogP contribution in [0.15, 0.2) is 109 Å². The molecule has 1 saturated carbocycles. The summed E-state index contributed by atoms with van der Waals surface area (Å²) in [7, 11) is 0. The van der Waals surface area contributed by atoms with E-state index in [1.807, 2.05) is 72.8 Å². The summed E-state index contributed by atoms with van der Waals surface area (Å²) in [4.78, 5) is 29.8. The lowest BCUT2D eigenvalue weighted by molar-refractivity contribution is -0.274. The van der Waals surface area contributed by atoms with E-state index in [0.717, 1.165) is 35.1 Å². The highest BCUT2D eigenvalue weighted by Gasteiger charge is 2.64. The molecule has 2 fully saturated rings. The fourth-order valence-electron chi connectivity index (χ4n) is 8.72. The SMILES string of the molecule is CC1=CCC[C@@]2(C)[C@@H](CC[C@@]23CN(Cc2ccc(OC(F)(F)F)cc2)C(=O)O3)c2ccc(cc2C(=O)c2ccc(-c3ccccc3)cc2)C[C@H](O)CC1. The summed E-state index contributed by atoms with van der Waals surface area (Å²) in [6, 6.07) is 29.2. The zero-order valence-corrected chi connectivity index (χ0v) is 30.0. The van der Waals surface area contributed by atoms with Crippen molar-refractivity contribution >= 4 is 11.9 Å². The van der Waals surface area contributed by atoms with Gasteiger partial charge in [0.15, 0.2) is 5.78 Å². The molecular formula is C44H44F3NO5. The number of halogens is 3. The molecule has 1 spiro atoms. The molecule has 1 amide bonds. The van der Waals surface area contributed by atoms with Crippen molar-refractivity contribution in [3.8, 4) is 16.9 Å². The molecule has 1 heterocycles. The van der Waals surface area contributed by atoms with E-state index < -0.39 is 29.6 Å². The molecule has 53 heavy (non-hydrogen) atoms. The standard InChI is InChI=1S/C44H44F3NO5/c1-29-7-6-23-42(2)39(22-24-43(42)28-48(41(51)53-43)27-30-11-19-36(20-12-30)52-44(45,46)47)37-21-13-31(25-35(49)18-10-29)26-38(37)40(50)34-16-14-33(15-17-34)32-8-4-3-5-9-32/h3-5,7-9,11-17,19-21,26,35,39,49H,6,10,18,22-25,27-28H2,1-2H3/t35-,39+,42+,43-/m1/s1. The third kappa shape index (κ3) is 7.63. The van der Waals surface area contributed by atoms with E-state index in [9.17, 15) is 27.9 Å². The van der Waals surface area contributed by atoms with Crippen LogP contribution in [0.1, 0.15) is 90.9 Å². The molecule has 3 aliphatic carbocycles. The van der Waals surface area contributed by atoms with E-state index in [2.05, 4.69) is 24.7 Å². The molecule has 0 unspecified atom stereocenters. The van der Waals surface area contributed by atoms with Crippen LogP contribution < -0.4 is 4.74 Å². The fraction of sp³-hybridized carbons (Fsp3) is 0.364. The van der Waals surface area contributed by atoms with Crippen molar-refractivity contribution < 1.29 is 37.3 Å². The van der Waals surface area contributed by atoms with Crippen LogP contribution in [0.2, 0.25) is 0 Å². The van der Waals surface area contributed by atoms with Gasteiger partial charge in [0.2, 0.25) is 0 Å². The molecule has 1 N–H and O–H groups in total. The van der Waals surface area contributed by atoms with Gasteiger partial charge in [0, 0.05) is 23.1 Å². The minimum Gasteiger partial charge on any atom is -0.440 e. The zero-order chi connectivity index (χ0) is 37.4. The Morgan fingerprint density at radius 2 is 1.66 bits per heavy atom. The monoisotopic (exact) mass is 723 g/mol. The second-order valence-corrected chi connectivity index (χ2v) is 15.1. The Hall–Kier alpha value is -4.89. The largest absolute Gasteiger partial charge is 0.573 e. The summed E-state index contributed by atoms with van der Waals surface area (Å²) in [6.45, 7) is 4.75. The average Bonchev–Trinajstić information content (AvgIpc) is 3.60. The molecule has 276 valence electrons. The molecule has 4 atom stereocenters. The first-order valence-electron chi connectivity index (χ1n) is 18.3. The molecule has 1 saturated heterocycles. The number of aliphatic hydroxyl groups excluding tert-OH is 1. The number of nitrogens with zero attached hydrogens (tertiary/aromatic N) is 1. The van der Waals surface area contributed by atoms with E-state index in [0.29, 0.717) is 55.3 Å². The second kappa shape index (κ2) is 14.5. The van der Waals surface area contributed by atoms with Crippen LogP contribution in [0.4, 0.5) is 18.0 Å². The van der Waals surface area contributed by atoms with Crippen molar-refractivity contribution in [1.82, 2.24) is 4.90 Å². The number of alkyl halides is 3. The number of fused-ring (bicyclic) bond motifs is 8. The van der Waals surface area contributed by atoms with Crippen LogP contribution in [-0.4, -0.2) is 46.5 Å². The fourth-order valence-corrected chi connectivity index (χ4v) is 8.72. The lowest BCUT2D eigenvalue weighted by Gasteiger charge is -2.43. The highest BCUT2D eigenvalue weighted by Crippen LogP contribution is 2.62. The molecule has 4 aromatic carbocycles. The Balaban J connectivity index is 1.23. The van der Waals surface area contributed by atoms with Gasteiger partial charge >= 0.3 is 12.5 Å². The first kappa shape index (κ1) is 36.5. The second-order valence-electron chi connectivity index (χ2n) is 15.1. The number of hydrogen-bond donors (Lipinski definition) is 1. The maximum atomic E-state index is 14.5. The number of carbonyl (C=O) groups is 2. The van der Waals surface area contributed by atoms with E-state index in [4.69, 9.17) is 4.74 Å². The molecule has 6 nitrogen and oxygen atoms in total. The number of carbonyl (C=O) groups excluding carboxylic acids is 2. The number of allylic oxidation sites excluding steroid dienone is 2. The van der Waals surface area contributed by atoms with Gasteiger partial charge in [-0.15, -0.1) is 13.2 Å². The Bertz CT molecular complexity index is 1990. The molecule has 9 heteroatoms. The molecular weight excluding hydrogens is 679 g/mol. The van der Waals surface area contributed by atoms with Crippen LogP contribution in [0.3, 0.4) is 0 Å². The number of aliphatic hydroxyl groups is 1. The third-order valence-electron chi connectivity index (χ3n) is 11.7. The molecule has 8 rings (SSSR count). The Morgan fingerprint density at radius 1 is 0.943 bits per heavy atom. The number of hydrogen-bond acceptors (Lipinski definition) is 5. The van der Waals surface area contributed by atoms with Gasteiger partial charge in [0.25, 0.3) is 0 Å². The predicted molar refractivity (Wildman–Crippen MR) is 197 cm³/mol. The topological polar surface area (TPSA) is 76.1 Å². The van der Waals surface area contributed by atoms with Gasteiger partial charge in [-0.1, -0.05) is 97.4 Å². The van der Waals surface area contributed by atoms with Crippen molar-refractivity contribution in [3.05, 3.63) is 137 Å². The van der Waals surface area contributed by atoms with Crippen LogP contribution >= 0.6 is 0 Å². The lowest BCUT2D eigenvalue weighted by Crippen LogP contribution is -2.48. The molecule has 1 aliphatic heterocycles. The molecule has 4 aliphatic rings. The number of benzene rings is 4. The van der Waals surface area contributed by atoms with Gasteiger partial charge in [0.1, 0.15) is 11.4 Å². The summed E-state index contributed by atoms with van der Waals surface area (Å²) in [5.41, 5.74) is 5.49. The summed E-state index contributed by atoms with van der Waals surface area (Å²) in [5, 5.41) is 11.0. The van der Waals surface area contributed by atoms with Gasteiger partial charge in [-0.3, -0.25) is 9.69 Å². The van der Waals surface area contributed by atoms with Gasteiger partial charge in [-0.05, 0) is 104 Å². The van der Waals surface area contributed by atoms with Crippen LogP contribution in [0.25, 0.3) is 11.1 Å². The van der Waals surface area contributed by atoms with Crippen LogP contribution in [0, 0.1) is 5.41 Å². The first-order chi connectivity index (χ1) is 25.3. The smallest absolute Gasteiger partial charge is 0.440 e. The van der Waals surface area contributed by atoms with Crippen LogP contribution in [-0.2, 0) is 17.7 Å². The van der Waals surface area contributed by atoms with Crippen molar-refractivity contribution in [2.45, 2.75) is 89.3 Å². The minimum atomic E-state index is -4.79. The third-order valence-corrected chi connectivity index (χ3v) is 11.7. The Kier molecular flexibility index (Phi) is 9.98. The maximum Gasteiger partial charge on any atom is 0.573 e. The zero-order valence-electron chi connectivity index (χ0n) is 30.0. The highest BCUT2D eigenvalue weighted by atomic mass is 19.4.